The summed E-state index contributed by atoms with van der Waals surface area (Å²) in [5.74, 6) is -0.565. The smallest absolute Gasteiger partial charge is 0.160 e. The maximum Gasteiger partial charge on any atom is 0.160 e. The maximum atomic E-state index is 13.0. The summed E-state index contributed by atoms with van der Waals surface area (Å²) >= 11 is 5.67. The summed E-state index contributed by atoms with van der Waals surface area (Å²) in [7, 11) is 0. The van der Waals surface area contributed by atoms with Crippen molar-refractivity contribution in [3.05, 3.63) is 70.5 Å². The number of ketones is 1. The SMILES string of the molecule is Nc1ccc(/C=C/C(=O)Cc2ccc(F)c(Cl)c2)cc1. The fraction of sp³-hybridized carbons (Fsp3) is 0.0625. The van der Waals surface area contributed by atoms with Crippen LogP contribution in [-0.2, 0) is 11.2 Å². The number of hydrogen-bond acceptors (Lipinski definition) is 2. The van der Waals surface area contributed by atoms with Gasteiger partial charge in [0.25, 0.3) is 0 Å². The highest BCUT2D eigenvalue weighted by molar-refractivity contribution is 6.30. The minimum atomic E-state index is -0.486. The van der Waals surface area contributed by atoms with Crippen LogP contribution in [0.3, 0.4) is 0 Å². The van der Waals surface area contributed by atoms with Gasteiger partial charge in [-0.25, -0.2) is 4.39 Å². The summed E-state index contributed by atoms with van der Waals surface area (Å²) in [4.78, 5) is 11.8. The van der Waals surface area contributed by atoms with Gasteiger partial charge >= 0.3 is 0 Å². The topological polar surface area (TPSA) is 43.1 Å². The molecular weight excluding hydrogens is 277 g/mol. The van der Waals surface area contributed by atoms with Crippen molar-refractivity contribution in [2.45, 2.75) is 6.42 Å². The number of carbonyl (C=O) groups excluding carboxylic acids is 1. The molecule has 2 rings (SSSR count). The molecule has 2 N–H and O–H groups in total. The quantitative estimate of drug-likeness (QED) is 0.685. The van der Waals surface area contributed by atoms with Crippen LogP contribution in [0.1, 0.15) is 11.1 Å². The largest absolute Gasteiger partial charge is 0.399 e. The third-order valence-electron chi connectivity index (χ3n) is 2.76. The normalized spacial score (nSPS) is 10.9. The summed E-state index contributed by atoms with van der Waals surface area (Å²) in [5, 5.41) is 0.0258. The van der Waals surface area contributed by atoms with Crippen molar-refractivity contribution in [2.24, 2.45) is 0 Å². The Morgan fingerprint density at radius 3 is 2.55 bits per heavy atom. The van der Waals surface area contributed by atoms with E-state index in [1.807, 2.05) is 12.1 Å². The Morgan fingerprint density at radius 1 is 1.20 bits per heavy atom. The molecule has 0 aliphatic rings. The number of nitrogens with two attached hydrogens (primary N) is 1. The van der Waals surface area contributed by atoms with Gasteiger partial charge < -0.3 is 5.73 Å². The van der Waals surface area contributed by atoms with Gasteiger partial charge in [0.15, 0.2) is 5.78 Å². The van der Waals surface area contributed by atoms with Crippen LogP contribution in [0.15, 0.2) is 48.5 Å². The zero-order valence-corrected chi connectivity index (χ0v) is 11.4. The Kier molecular flexibility index (Phi) is 4.53. The van der Waals surface area contributed by atoms with Crippen LogP contribution in [0.25, 0.3) is 6.08 Å². The second kappa shape index (κ2) is 6.35. The van der Waals surface area contributed by atoms with Gasteiger partial charge in [0.1, 0.15) is 5.82 Å². The molecule has 0 unspecified atom stereocenters. The number of allylic oxidation sites excluding steroid dienone is 1. The first-order valence-corrected chi connectivity index (χ1v) is 6.43. The molecule has 0 amide bonds. The van der Waals surface area contributed by atoms with Gasteiger partial charge in [0.2, 0.25) is 0 Å². The predicted molar refractivity (Wildman–Crippen MR) is 80.0 cm³/mol. The van der Waals surface area contributed by atoms with Crippen LogP contribution in [0.2, 0.25) is 5.02 Å². The molecule has 0 heterocycles. The lowest BCUT2D eigenvalue weighted by Crippen LogP contribution is -1.98. The number of benzene rings is 2. The maximum absolute atomic E-state index is 13.0. The van der Waals surface area contributed by atoms with Crippen molar-refractivity contribution >= 4 is 29.1 Å². The summed E-state index contributed by atoms with van der Waals surface area (Å²) in [6.07, 6.45) is 3.39. The third kappa shape index (κ3) is 3.93. The first-order chi connectivity index (χ1) is 9.54. The molecule has 102 valence electrons. The molecule has 2 aromatic carbocycles. The third-order valence-corrected chi connectivity index (χ3v) is 3.05. The molecule has 0 aliphatic heterocycles. The zero-order valence-electron chi connectivity index (χ0n) is 10.6. The minimum Gasteiger partial charge on any atom is -0.399 e. The monoisotopic (exact) mass is 289 g/mol. The lowest BCUT2D eigenvalue weighted by atomic mass is 10.1. The van der Waals surface area contributed by atoms with Crippen LogP contribution >= 0.6 is 11.6 Å². The second-order valence-corrected chi connectivity index (χ2v) is 4.80. The van der Waals surface area contributed by atoms with Crippen molar-refractivity contribution in [2.75, 3.05) is 5.73 Å². The highest BCUT2D eigenvalue weighted by Crippen LogP contribution is 2.16. The van der Waals surface area contributed by atoms with Crippen LogP contribution in [0.4, 0.5) is 10.1 Å². The van der Waals surface area contributed by atoms with Gasteiger partial charge in [-0.15, -0.1) is 0 Å². The molecule has 0 saturated heterocycles. The van der Waals surface area contributed by atoms with E-state index in [-0.39, 0.29) is 17.2 Å². The highest BCUT2D eigenvalue weighted by Gasteiger charge is 2.04. The Bertz CT molecular complexity index is 650. The fourth-order valence-electron chi connectivity index (χ4n) is 1.71. The van der Waals surface area contributed by atoms with E-state index in [9.17, 15) is 9.18 Å². The molecule has 4 heteroatoms. The number of rotatable bonds is 4. The molecule has 0 atom stereocenters. The summed E-state index contributed by atoms with van der Waals surface area (Å²) in [6.45, 7) is 0. The Morgan fingerprint density at radius 2 is 1.90 bits per heavy atom. The van der Waals surface area contributed by atoms with Gasteiger partial charge in [-0.2, -0.15) is 0 Å². The van der Waals surface area contributed by atoms with E-state index in [4.69, 9.17) is 17.3 Å². The van der Waals surface area contributed by atoms with E-state index in [1.54, 1.807) is 24.3 Å². The molecule has 0 fully saturated rings. The van der Waals surface area contributed by atoms with Gasteiger partial charge in [-0.05, 0) is 41.5 Å². The van der Waals surface area contributed by atoms with Crippen LogP contribution in [0.5, 0.6) is 0 Å². The number of halogens is 2. The second-order valence-electron chi connectivity index (χ2n) is 4.39. The molecule has 2 nitrogen and oxygen atoms in total. The molecule has 2 aromatic rings. The lowest BCUT2D eigenvalue weighted by Gasteiger charge is -2.00. The molecule has 0 spiro atoms. The standard InChI is InChI=1S/C16H13ClFNO/c17-15-10-12(4-8-16(15)18)9-14(20)7-3-11-1-5-13(19)6-2-11/h1-8,10H,9,19H2/b7-3+. The van der Waals surface area contributed by atoms with E-state index in [1.165, 1.54) is 18.2 Å². The van der Waals surface area contributed by atoms with E-state index >= 15 is 0 Å². The first-order valence-electron chi connectivity index (χ1n) is 6.05. The highest BCUT2D eigenvalue weighted by atomic mass is 35.5. The molecule has 0 radical (unpaired) electrons. The first kappa shape index (κ1) is 14.3. The zero-order chi connectivity index (χ0) is 14.5. The van der Waals surface area contributed by atoms with Crippen molar-refractivity contribution in [3.8, 4) is 0 Å². The average molecular weight is 290 g/mol. The van der Waals surface area contributed by atoms with E-state index in [0.717, 1.165) is 5.56 Å². The van der Waals surface area contributed by atoms with Crippen molar-refractivity contribution in [1.29, 1.82) is 0 Å². The lowest BCUT2D eigenvalue weighted by molar-refractivity contribution is -0.113. The van der Waals surface area contributed by atoms with E-state index in [0.29, 0.717) is 11.3 Å². The van der Waals surface area contributed by atoms with Crippen LogP contribution in [0, 0.1) is 5.82 Å². The summed E-state index contributed by atoms with van der Waals surface area (Å²) in [5.41, 5.74) is 7.83. The van der Waals surface area contributed by atoms with Crippen LogP contribution in [-0.4, -0.2) is 5.78 Å². The molecule has 0 aromatic heterocycles. The van der Waals surface area contributed by atoms with E-state index < -0.39 is 5.82 Å². The Hall–Kier alpha value is -2.13. The van der Waals surface area contributed by atoms with Crippen molar-refractivity contribution in [3.63, 3.8) is 0 Å². The van der Waals surface area contributed by atoms with Gasteiger partial charge in [0.05, 0.1) is 5.02 Å². The molecule has 0 aliphatic carbocycles. The number of carbonyl (C=O) groups is 1. The van der Waals surface area contributed by atoms with Gasteiger partial charge in [-0.3, -0.25) is 4.79 Å². The van der Waals surface area contributed by atoms with Gasteiger partial charge in [-0.1, -0.05) is 35.9 Å². The summed E-state index contributed by atoms with van der Waals surface area (Å²) in [6, 6.07) is 11.5. The molecule has 20 heavy (non-hydrogen) atoms. The Balaban J connectivity index is 2.01. The fourth-order valence-corrected chi connectivity index (χ4v) is 1.91. The molecule has 0 saturated carbocycles. The molecular formula is C16H13ClFNO. The summed E-state index contributed by atoms with van der Waals surface area (Å²) < 4.78 is 13.0. The van der Waals surface area contributed by atoms with Crippen LogP contribution < -0.4 is 5.73 Å². The number of anilines is 1. The minimum absolute atomic E-state index is 0.0258. The predicted octanol–water partition coefficient (Wildman–Crippen LogP) is 3.89. The number of nitrogen functional groups attached to an aromatic ring is 1. The molecule has 0 bridgehead atoms. The van der Waals surface area contributed by atoms with Crippen molar-refractivity contribution in [1.82, 2.24) is 0 Å². The number of hydrogen-bond donors (Lipinski definition) is 1. The Labute approximate surface area is 121 Å². The van der Waals surface area contributed by atoms with E-state index in [2.05, 4.69) is 0 Å². The van der Waals surface area contributed by atoms with Gasteiger partial charge in [0, 0.05) is 12.1 Å². The van der Waals surface area contributed by atoms with Crippen molar-refractivity contribution < 1.29 is 9.18 Å². The average Bonchev–Trinajstić information content (AvgIpc) is 2.42.